The second kappa shape index (κ2) is 5.35. The molecule has 1 unspecified atom stereocenters. The number of thiophene rings is 1. The molecule has 0 spiro atoms. The first kappa shape index (κ1) is 12.2. The van der Waals surface area contributed by atoms with Crippen LogP contribution >= 0.6 is 38.9 Å². The zero-order chi connectivity index (χ0) is 11.5. The SMILES string of the molecule is Cc1cscc1C(Br)Cc1ccc(Cl)cc1. The minimum atomic E-state index is 0.389. The van der Waals surface area contributed by atoms with Crippen molar-refractivity contribution in [2.45, 2.75) is 18.2 Å². The smallest absolute Gasteiger partial charge is 0.0446 e. The molecular formula is C13H12BrClS. The van der Waals surface area contributed by atoms with Crippen LogP contribution in [0, 0.1) is 6.92 Å². The largest absolute Gasteiger partial charge is 0.152 e. The molecule has 3 heteroatoms. The van der Waals surface area contributed by atoms with Crippen molar-refractivity contribution in [2.24, 2.45) is 0 Å². The Balaban J connectivity index is 2.10. The van der Waals surface area contributed by atoms with Crippen LogP contribution in [0.4, 0.5) is 0 Å². The van der Waals surface area contributed by atoms with Gasteiger partial charge in [-0.25, -0.2) is 0 Å². The molecule has 0 saturated heterocycles. The van der Waals surface area contributed by atoms with E-state index < -0.39 is 0 Å². The molecular weight excluding hydrogens is 304 g/mol. The first-order valence-electron chi connectivity index (χ1n) is 5.08. The lowest BCUT2D eigenvalue weighted by Gasteiger charge is -2.09. The maximum atomic E-state index is 5.86. The van der Waals surface area contributed by atoms with Crippen molar-refractivity contribution < 1.29 is 0 Å². The van der Waals surface area contributed by atoms with Crippen LogP contribution in [0.3, 0.4) is 0 Å². The summed E-state index contributed by atoms with van der Waals surface area (Å²) in [5, 5.41) is 5.19. The number of rotatable bonds is 3. The Labute approximate surface area is 113 Å². The van der Waals surface area contributed by atoms with Gasteiger partial charge in [-0.15, -0.1) is 0 Å². The van der Waals surface area contributed by atoms with E-state index in [2.05, 4.69) is 45.7 Å². The molecule has 0 aliphatic carbocycles. The van der Waals surface area contributed by atoms with Gasteiger partial charge in [-0.05, 0) is 52.9 Å². The van der Waals surface area contributed by atoms with Crippen molar-refractivity contribution in [1.82, 2.24) is 0 Å². The van der Waals surface area contributed by atoms with Crippen LogP contribution in [0.1, 0.15) is 21.5 Å². The van der Waals surface area contributed by atoms with E-state index in [4.69, 9.17) is 11.6 Å². The van der Waals surface area contributed by atoms with E-state index in [0.717, 1.165) is 11.4 Å². The summed E-state index contributed by atoms with van der Waals surface area (Å²) in [5.41, 5.74) is 4.05. The number of hydrogen-bond acceptors (Lipinski definition) is 1. The molecule has 1 aromatic carbocycles. The fourth-order valence-electron chi connectivity index (χ4n) is 1.63. The molecule has 0 aliphatic heterocycles. The summed E-state index contributed by atoms with van der Waals surface area (Å²) in [4.78, 5) is 0.389. The minimum Gasteiger partial charge on any atom is -0.152 e. The van der Waals surface area contributed by atoms with Crippen molar-refractivity contribution >= 4 is 38.9 Å². The second-order valence-electron chi connectivity index (χ2n) is 3.81. The topological polar surface area (TPSA) is 0 Å². The van der Waals surface area contributed by atoms with Gasteiger partial charge in [0.05, 0.1) is 0 Å². The summed E-state index contributed by atoms with van der Waals surface area (Å²) < 4.78 is 0. The van der Waals surface area contributed by atoms with Crippen LogP contribution in [0.5, 0.6) is 0 Å². The summed E-state index contributed by atoms with van der Waals surface area (Å²) in [5.74, 6) is 0. The van der Waals surface area contributed by atoms with Crippen molar-refractivity contribution in [2.75, 3.05) is 0 Å². The molecule has 1 aromatic heterocycles. The van der Waals surface area contributed by atoms with Crippen molar-refractivity contribution in [3.05, 3.63) is 56.7 Å². The highest BCUT2D eigenvalue weighted by molar-refractivity contribution is 9.09. The van der Waals surface area contributed by atoms with E-state index in [1.54, 1.807) is 11.3 Å². The third-order valence-electron chi connectivity index (χ3n) is 2.56. The average Bonchev–Trinajstić information content (AvgIpc) is 2.68. The molecule has 1 atom stereocenters. The lowest BCUT2D eigenvalue weighted by molar-refractivity contribution is 0.945. The van der Waals surface area contributed by atoms with E-state index in [1.165, 1.54) is 16.7 Å². The monoisotopic (exact) mass is 314 g/mol. The standard InChI is InChI=1S/C13H12BrClS/c1-9-7-16-8-12(9)13(14)6-10-2-4-11(15)5-3-10/h2-5,7-8,13H,6H2,1H3. The number of benzene rings is 1. The van der Waals surface area contributed by atoms with Gasteiger partial charge < -0.3 is 0 Å². The first-order valence-corrected chi connectivity index (χ1v) is 7.31. The highest BCUT2D eigenvalue weighted by Gasteiger charge is 2.11. The fourth-order valence-corrected chi connectivity index (χ4v) is 3.70. The molecule has 0 fully saturated rings. The molecule has 84 valence electrons. The maximum absolute atomic E-state index is 5.86. The lowest BCUT2D eigenvalue weighted by Crippen LogP contribution is -1.95. The summed E-state index contributed by atoms with van der Waals surface area (Å²) in [6.45, 7) is 2.15. The molecule has 2 rings (SSSR count). The molecule has 1 heterocycles. The summed E-state index contributed by atoms with van der Waals surface area (Å²) in [7, 11) is 0. The van der Waals surface area contributed by atoms with E-state index in [0.29, 0.717) is 4.83 Å². The Morgan fingerprint density at radius 2 is 1.94 bits per heavy atom. The molecule has 0 bridgehead atoms. The van der Waals surface area contributed by atoms with Gasteiger partial charge in [-0.3, -0.25) is 0 Å². The van der Waals surface area contributed by atoms with E-state index in [9.17, 15) is 0 Å². The summed E-state index contributed by atoms with van der Waals surface area (Å²) in [6, 6.07) is 8.05. The molecule has 16 heavy (non-hydrogen) atoms. The van der Waals surface area contributed by atoms with E-state index in [-0.39, 0.29) is 0 Å². The molecule has 0 radical (unpaired) electrons. The van der Waals surface area contributed by atoms with Gasteiger partial charge in [-0.2, -0.15) is 11.3 Å². The number of alkyl halides is 1. The molecule has 0 nitrogen and oxygen atoms in total. The number of aryl methyl sites for hydroxylation is 1. The quantitative estimate of drug-likeness (QED) is 0.666. The van der Waals surface area contributed by atoms with E-state index in [1.807, 2.05) is 12.1 Å². The third kappa shape index (κ3) is 2.88. The number of halogens is 2. The Morgan fingerprint density at radius 3 is 2.50 bits per heavy atom. The van der Waals surface area contributed by atoms with E-state index >= 15 is 0 Å². The maximum Gasteiger partial charge on any atom is 0.0446 e. The van der Waals surface area contributed by atoms with Crippen LogP contribution in [-0.2, 0) is 6.42 Å². The minimum absolute atomic E-state index is 0.389. The normalized spacial score (nSPS) is 12.7. The van der Waals surface area contributed by atoms with Gasteiger partial charge in [0.1, 0.15) is 0 Å². The Bertz CT molecular complexity index is 461. The fraction of sp³-hybridized carbons (Fsp3) is 0.231. The molecule has 0 saturated carbocycles. The van der Waals surface area contributed by atoms with Crippen molar-refractivity contribution in [3.63, 3.8) is 0 Å². The van der Waals surface area contributed by atoms with Crippen LogP contribution in [-0.4, -0.2) is 0 Å². The van der Waals surface area contributed by atoms with Crippen LogP contribution in [0.15, 0.2) is 35.0 Å². The van der Waals surface area contributed by atoms with Gasteiger partial charge in [0.25, 0.3) is 0 Å². The van der Waals surface area contributed by atoms with Crippen LogP contribution in [0.25, 0.3) is 0 Å². The lowest BCUT2D eigenvalue weighted by atomic mass is 10.0. The Morgan fingerprint density at radius 1 is 1.25 bits per heavy atom. The predicted molar refractivity (Wildman–Crippen MR) is 75.9 cm³/mol. The van der Waals surface area contributed by atoms with Gasteiger partial charge >= 0.3 is 0 Å². The average molecular weight is 316 g/mol. The third-order valence-corrected chi connectivity index (χ3v) is 4.51. The Kier molecular flexibility index (Phi) is 4.06. The van der Waals surface area contributed by atoms with Gasteiger partial charge in [0.2, 0.25) is 0 Å². The van der Waals surface area contributed by atoms with Gasteiger partial charge in [-0.1, -0.05) is 39.7 Å². The van der Waals surface area contributed by atoms with Crippen LogP contribution < -0.4 is 0 Å². The first-order chi connectivity index (χ1) is 7.66. The number of hydrogen-bond donors (Lipinski definition) is 0. The van der Waals surface area contributed by atoms with Crippen LogP contribution in [0.2, 0.25) is 5.02 Å². The highest BCUT2D eigenvalue weighted by Crippen LogP contribution is 2.31. The zero-order valence-corrected chi connectivity index (χ0v) is 12.1. The Hall–Kier alpha value is -0.310. The van der Waals surface area contributed by atoms with Crippen molar-refractivity contribution in [3.8, 4) is 0 Å². The summed E-state index contributed by atoms with van der Waals surface area (Å²) >= 11 is 11.4. The predicted octanol–water partition coefficient (Wildman–Crippen LogP) is 5.39. The molecule has 2 aromatic rings. The zero-order valence-electron chi connectivity index (χ0n) is 8.91. The molecule has 0 N–H and O–H groups in total. The van der Waals surface area contributed by atoms with Gasteiger partial charge in [0.15, 0.2) is 0 Å². The van der Waals surface area contributed by atoms with Gasteiger partial charge in [0, 0.05) is 9.85 Å². The molecule has 0 amide bonds. The summed E-state index contributed by atoms with van der Waals surface area (Å²) in [6.07, 6.45) is 0.995. The molecule has 0 aliphatic rings. The highest BCUT2D eigenvalue weighted by atomic mass is 79.9. The van der Waals surface area contributed by atoms with Crippen molar-refractivity contribution in [1.29, 1.82) is 0 Å². The second-order valence-corrected chi connectivity index (χ2v) is 6.09.